The van der Waals surface area contributed by atoms with Crippen LogP contribution in [-0.2, 0) is 22.7 Å². The number of carbonyl (C=O) groups is 2. The van der Waals surface area contributed by atoms with Crippen molar-refractivity contribution in [2.75, 3.05) is 6.54 Å². The topological polar surface area (TPSA) is 84.7 Å². The average Bonchev–Trinajstić information content (AvgIpc) is 3.67. The molecular formula is C29H27N3O4S. The molecule has 3 heterocycles. The predicted octanol–water partition coefficient (Wildman–Crippen LogP) is 5.34. The monoisotopic (exact) mass is 513 g/mol. The molecular weight excluding hydrogens is 486 g/mol. The van der Waals surface area contributed by atoms with E-state index in [9.17, 15) is 14.7 Å². The van der Waals surface area contributed by atoms with Crippen molar-refractivity contribution in [2.24, 2.45) is 0 Å². The van der Waals surface area contributed by atoms with Gasteiger partial charge in [-0.05, 0) is 54.6 Å². The SMILES string of the molecule is Cc1cccc(COc2ccc(/C(O)=C3\C(=O)C(=O)N(CCCn4ccnc4)C3c3cccs3)cc2)c1. The second-order valence-corrected chi connectivity index (χ2v) is 9.94. The van der Waals surface area contributed by atoms with Gasteiger partial charge < -0.3 is 19.3 Å². The first-order chi connectivity index (χ1) is 18.0. The number of benzene rings is 2. The summed E-state index contributed by atoms with van der Waals surface area (Å²) in [6, 6.07) is 18.2. The molecule has 1 aliphatic heterocycles. The molecule has 1 unspecified atom stereocenters. The Morgan fingerprint density at radius 2 is 1.92 bits per heavy atom. The van der Waals surface area contributed by atoms with Crippen molar-refractivity contribution in [2.45, 2.75) is 32.5 Å². The average molecular weight is 514 g/mol. The first kappa shape index (κ1) is 24.5. The number of ether oxygens (including phenoxy) is 1. The van der Waals surface area contributed by atoms with Crippen molar-refractivity contribution < 1.29 is 19.4 Å². The lowest BCUT2D eigenvalue weighted by Gasteiger charge is -2.24. The molecule has 1 atom stereocenters. The van der Waals surface area contributed by atoms with Crippen molar-refractivity contribution in [3.8, 4) is 5.75 Å². The summed E-state index contributed by atoms with van der Waals surface area (Å²) < 4.78 is 7.82. The van der Waals surface area contributed by atoms with Gasteiger partial charge in [0.15, 0.2) is 0 Å². The number of thiophene rings is 1. The van der Waals surface area contributed by atoms with Gasteiger partial charge >= 0.3 is 0 Å². The molecule has 188 valence electrons. The van der Waals surface area contributed by atoms with E-state index in [1.165, 1.54) is 16.9 Å². The second kappa shape index (κ2) is 10.8. The first-order valence-electron chi connectivity index (χ1n) is 12.1. The predicted molar refractivity (Wildman–Crippen MR) is 142 cm³/mol. The fourth-order valence-electron chi connectivity index (χ4n) is 4.53. The number of hydrogen-bond acceptors (Lipinski definition) is 6. The van der Waals surface area contributed by atoms with E-state index < -0.39 is 17.7 Å². The number of nitrogens with zero attached hydrogens (tertiary/aromatic N) is 3. The maximum absolute atomic E-state index is 13.1. The lowest BCUT2D eigenvalue weighted by molar-refractivity contribution is -0.139. The molecule has 4 aromatic rings. The number of hydrogen-bond donors (Lipinski definition) is 1. The number of aromatic nitrogens is 2. The number of Topliss-reactive ketones (excluding diaryl/α,β-unsaturated/α-hetero) is 1. The van der Waals surface area contributed by atoms with Crippen molar-refractivity contribution in [3.05, 3.63) is 112 Å². The maximum Gasteiger partial charge on any atom is 0.295 e. The molecule has 1 saturated heterocycles. The van der Waals surface area contributed by atoms with E-state index in [2.05, 4.69) is 11.1 Å². The number of amides is 1. The van der Waals surface area contributed by atoms with Gasteiger partial charge in [-0.25, -0.2) is 4.98 Å². The van der Waals surface area contributed by atoms with Gasteiger partial charge in [0.2, 0.25) is 0 Å². The summed E-state index contributed by atoms with van der Waals surface area (Å²) in [5.41, 5.74) is 2.81. The highest BCUT2D eigenvalue weighted by Gasteiger charge is 2.46. The van der Waals surface area contributed by atoms with Crippen LogP contribution in [0.2, 0.25) is 0 Å². The highest BCUT2D eigenvalue weighted by molar-refractivity contribution is 7.10. The van der Waals surface area contributed by atoms with Crippen molar-refractivity contribution in [3.63, 3.8) is 0 Å². The van der Waals surface area contributed by atoms with Crippen LogP contribution in [0.3, 0.4) is 0 Å². The van der Waals surface area contributed by atoms with Gasteiger partial charge in [-0.1, -0.05) is 35.9 Å². The zero-order valence-electron chi connectivity index (χ0n) is 20.4. The van der Waals surface area contributed by atoms with E-state index in [1.54, 1.807) is 41.7 Å². The van der Waals surface area contributed by atoms with E-state index in [0.717, 1.165) is 10.4 Å². The number of likely N-dealkylation sites (tertiary alicyclic amines) is 1. The molecule has 0 radical (unpaired) electrons. The molecule has 37 heavy (non-hydrogen) atoms. The summed E-state index contributed by atoms with van der Waals surface area (Å²) in [4.78, 5) is 32.6. The lowest BCUT2D eigenvalue weighted by atomic mass is 10.00. The maximum atomic E-state index is 13.1. The fraction of sp³-hybridized carbons (Fsp3) is 0.207. The van der Waals surface area contributed by atoms with Gasteiger partial charge in [-0.3, -0.25) is 9.59 Å². The molecule has 1 amide bonds. The molecule has 0 aliphatic carbocycles. The lowest BCUT2D eigenvalue weighted by Crippen LogP contribution is -2.31. The molecule has 1 aliphatic rings. The van der Waals surface area contributed by atoms with E-state index in [4.69, 9.17) is 4.74 Å². The zero-order valence-corrected chi connectivity index (χ0v) is 21.2. The van der Waals surface area contributed by atoms with Gasteiger partial charge in [0.1, 0.15) is 18.1 Å². The van der Waals surface area contributed by atoms with Gasteiger partial charge in [0.05, 0.1) is 17.9 Å². The van der Waals surface area contributed by atoms with Gasteiger partial charge in [-0.15, -0.1) is 11.3 Å². The van der Waals surface area contributed by atoms with Crippen LogP contribution >= 0.6 is 11.3 Å². The van der Waals surface area contributed by atoms with Crippen LogP contribution in [0.1, 0.15) is 34.0 Å². The highest BCUT2D eigenvalue weighted by Crippen LogP contribution is 2.41. The zero-order chi connectivity index (χ0) is 25.8. The summed E-state index contributed by atoms with van der Waals surface area (Å²) in [6.07, 6.45) is 5.94. The molecule has 0 bridgehead atoms. The highest BCUT2D eigenvalue weighted by atomic mass is 32.1. The standard InChI is InChI=1S/C29H27N3O4S/c1-20-5-2-6-21(17-20)18-36-23-10-8-22(9-11-23)27(33)25-26(24-7-3-16-37-24)32(29(35)28(25)34)14-4-13-31-15-12-30-19-31/h2-3,5-12,15-17,19,26,33H,4,13-14,18H2,1H3/b27-25+. The number of carbonyl (C=O) groups excluding carboxylic acids is 2. The van der Waals surface area contributed by atoms with Crippen LogP contribution in [-0.4, -0.2) is 37.8 Å². The number of imidazole rings is 1. The van der Waals surface area contributed by atoms with Crippen LogP contribution in [0, 0.1) is 6.92 Å². The number of aliphatic hydroxyl groups excluding tert-OH is 1. The third kappa shape index (κ3) is 5.34. The summed E-state index contributed by atoms with van der Waals surface area (Å²) in [7, 11) is 0. The Labute approximate surface area is 219 Å². The number of ketones is 1. The van der Waals surface area contributed by atoms with Gasteiger partial charge in [0.25, 0.3) is 11.7 Å². The van der Waals surface area contributed by atoms with Gasteiger partial charge in [0, 0.05) is 35.9 Å². The molecule has 8 heteroatoms. The van der Waals surface area contributed by atoms with Gasteiger partial charge in [-0.2, -0.15) is 0 Å². The Bertz CT molecular complexity index is 1410. The number of rotatable bonds is 9. The van der Waals surface area contributed by atoms with E-state index in [1.807, 2.05) is 53.4 Å². The number of aryl methyl sites for hydroxylation is 2. The quantitative estimate of drug-likeness (QED) is 0.185. The number of aliphatic hydroxyl groups is 1. The summed E-state index contributed by atoms with van der Waals surface area (Å²) in [5.74, 6) is -0.797. The Morgan fingerprint density at radius 3 is 2.62 bits per heavy atom. The summed E-state index contributed by atoms with van der Waals surface area (Å²) in [6.45, 7) is 3.52. The van der Waals surface area contributed by atoms with Crippen molar-refractivity contribution >= 4 is 28.8 Å². The molecule has 0 spiro atoms. The summed E-state index contributed by atoms with van der Waals surface area (Å²) in [5, 5.41) is 13.1. The smallest absolute Gasteiger partial charge is 0.295 e. The normalized spacial score (nSPS) is 16.9. The van der Waals surface area contributed by atoms with Crippen LogP contribution < -0.4 is 4.74 Å². The first-order valence-corrected chi connectivity index (χ1v) is 13.0. The Morgan fingerprint density at radius 1 is 1.08 bits per heavy atom. The molecule has 7 nitrogen and oxygen atoms in total. The molecule has 5 rings (SSSR count). The second-order valence-electron chi connectivity index (χ2n) is 8.96. The summed E-state index contributed by atoms with van der Waals surface area (Å²) >= 11 is 1.46. The minimum Gasteiger partial charge on any atom is -0.507 e. The Balaban J connectivity index is 1.37. The van der Waals surface area contributed by atoms with Crippen LogP contribution in [0.25, 0.3) is 5.76 Å². The fourth-order valence-corrected chi connectivity index (χ4v) is 5.37. The van der Waals surface area contributed by atoms with Crippen LogP contribution in [0.5, 0.6) is 5.75 Å². The van der Waals surface area contributed by atoms with E-state index in [-0.39, 0.29) is 11.3 Å². The largest absolute Gasteiger partial charge is 0.507 e. The van der Waals surface area contributed by atoms with Crippen LogP contribution in [0.4, 0.5) is 0 Å². The van der Waals surface area contributed by atoms with E-state index >= 15 is 0 Å². The minimum absolute atomic E-state index is 0.114. The van der Waals surface area contributed by atoms with E-state index in [0.29, 0.717) is 37.4 Å². The molecule has 2 aromatic carbocycles. The third-order valence-electron chi connectivity index (χ3n) is 6.34. The minimum atomic E-state index is -0.668. The molecule has 1 N–H and O–H groups in total. The Kier molecular flexibility index (Phi) is 7.18. The van der Waals surface area contributed by atoms with Crippen molar-refractivity contribution in [1.29, 1.82) is 0 Å². The molecule has 2 aromatic heterocycles. The van der Waals surface area contributed by atoms with Crippen LogP contribution in [0.15, 0.2) is 90.3 Å². The Hall–Kier alpha value is -4.17. The molecule has 0 saturated carbocycles. The van der Waals surface area contributed by atoms with Crippen molar-refractivity contribution in [1.82, 2.24) is 14.5 Å². The third-order valence-corrected chi connectivity index (χ3v) is 7.27. The molecule has 1 fully saturated rings.